The highest BCUT2D eigenvalue weighted by Gasteiger charge is 2.27. The molecule has 0 fully saturated rings. The van der Waals surface area contributed by atoms with Crippen LogP contribution in [0.15, 0.2) is 79.0 Å². The van der Waals surface area contributed by atoms with E-state index >= 15 is 0 Å². The highest BCUT2D eigenvalue weighted by atomic mass is 19.1. The van der Waals surface area contributed by atoms with Gasteiger partial charge in [-0.15, -0.1) is 0 Å². The molecule has 1 aliphatic carbocycles. The van der Waals surface area contributed by atoms with Crippen molar-refractivity contribution in [2.75, 3.05) is 6.61 Å². The average molecular weight is 439 g/mol. The molecule has 0 bridgehead atoms. The minimum absolute atomic E-state index is 0.178. The van der Waals surface area contributed by atoms with Gasteiger partial charge >= 0.3 is 0 Å². The molecule has 0 amide bonds. The molecule has 1 N–H and O–H groups in total. The van der Waals surface area contributed by atoms with Crippen molar-refractivity contribution in [3.8, 4) is 11.3 Å². The van der Waals surface area contributed by atoms with E-state index in [1.54, 1.807) is 0 Å². The predicted molar refractivity (Wildman–Crippen MR) is 129 cm³/mol. The summed E-state index contributed by atoms with van der Waals surface area (Å²) < 4.78 is 13.5. The second kappa shape index (κ2) is 9.63. The Bertz CT molecular complexity index is 1240. The summed E-state index contributed by atoms with van der Waals surface area (Å²) in [5, 5.41) is 9.06. The number of halogens is 1. The summed E-state index contributed by atoms with van der Waals surface area (Å²) in [5.41, 5.74) is 8.14. The van der Waals surface area contributed by atoms with Crippen LogP contribution in [0.4, 0.5) is 4.39 Å². The van der Waals surface area contributed by atoms with Gasteiger partial charge in [0.05, 0.1) is 5.69 Å². The van der Waals surface area contributed by atoms with E-state index in [0.29, 0.717) is 6.42 Å². The van der Waals surface area contributed by atoms with E-state index in [-0.39, 0.29) is 18.3 Å². The minimum Gasteiger partial charge on any atom is -0.396 e. The van der Waals surface area contributed by atoms with Gasteiger partial charge in [0.25, 0.3) is 0 Å². The first-order chi connectivity index (χ1) is 16.2. The zero-order chi connectivity index (χ0) is 22.6. The van der Waals surface area contributed by atoms with E-state index in [4.69, 9.17) is 10.1 Å². The number of aliphatic hydroxyl groups excluding tert-OH is 1. The van der Waals surface area contributed by atoms with E-state index in [1.807, 2.05) is 18.3 Å². The number of aliphatic hydroxyl groups is 1. The third-order valence-corrected chi connectivity index (χ3v) is 6.49. The molecule has 0 radical (unpaired) electrons. The normalized spacial score (nSPS) is 14.5. The first-order valence-electron chi connectivity index (χ1n) is 11.6. The number of aromatic nitrogens is 2. The summed E-state index contributed by atoms with van der Waals surface area (Å²) in [6.45, 7) is 0.183. The molecule has 3 nitrogen and oxygen atoms in total. The van der Waals surface area contributed by atoms with Crippen molar-refractivity contribution in [1.82, 2.24) is 9.97 Å². The first kappa shape index (κ1) is 21.5. The van der Waals surface area contributed by atoms with Crippen LogP contribution in [0, 0.1) is 5.82 Å². The Labute approximate surface area is 194 Å². The molecule has 0 saturated heterocycles. The summed E-state index contributed by atoms with van der Waals surface area (Å²) in [7, 11) is 0. The molecular formula is C29H27FN2O. The molecule has 4 aromatic rings. The van der Waals surface area contributed by atoms with Crippen LogP contribution in [-0.2, 0) is 25.7 Å². The molecule has 1 aromatic heterocycles. The Kier molecular flexibility index (Phi) is 6.27. The first-order valence-corrected chi connectivity index (χ1v) is 11.6. The summed E-state index contributed by atoms with van der Waals surface area (Å²) in [6, 6.07) is 23.7. The van der Waals surface area contributed by atoms with E-state index < -0.39 is 0 Å². The monoisotopic (exact) mass is 438 g/mol. The molecule has 0 aliphatic heterocycles. The zero-order valence-corrected chi connectivity index (χ0v) is 18.5. The van der Waals surface area contributed by atoms with Crippen molar-refractivity contribution in [1.29, 1.82) is 0 Å². The van der Waals surface area contributed by atoms with Crippen LogP contribution in [-0.4, -0.2) is 21.7 Å². The Balaban J connectivity index is 1.33. The molecule has 33 heavy (non-hydrogen) atoms. The van der Waals surface area contributed by atoms with Crippen molar-refractivity contribution in [3.63, 3.8) is 0 Å². The van der Waals surface area contributed by atoms with Gasteiger partial charge in [-0.3, -0.25) is 0 Å². The van der Waals surface area contributed by atoms with Crippen molar-refractivity contribution in [3.05, 3.63) is 118 Å². The van der Waals surface area contributed by atoms with Gasteiger partial charge in [-0.1, -0.05) is 60.7 Å². The van der Waals surface area contributed by atoms with Crippen LogP contribution in [0.25, 0.3) is 11.3 Å². The third-order valence-electron chi connectivity index (χ3n) is 6.49. The molecule has 4 heteroatoms. The topological polar surface area (TPSA) is 46.0 Å². The number of aryl methyl sites for hydroxylation is 2. The average Bonchev–Trinajstić information content (AvgIpc) is 2.85. The highest BCUT2D eigenvalue weighted by Crippen LogP contribution is 2.41. The standard InChI is InChI=1S/C29H27FN2O/c30-24-14-12-22(13-15-24)27-18-23-19-31-28(32-29(23)26-6-2-1-5-25(26)27)7-3-4-20-8-10-21(11-9-20)16-17-33/h1-2,5-6,8-15,19,27,33H,3-4,7,16-18H2/t27-/m0/s1. The van der Waals surface area contributed by atoms with E-state index in [0.717, 1.165) is 59.5 Å². The van der Waals surface area contributed by atoms with Crippen LogP contribution in [0.5, 0.6) is 0 Å². The number of fused-ring (bicyclic) bond motifs is 3. The van der Waals surface area contributed by atoms with Crippen LogP contribution < -0.4 is 0 Å². The number of hydrogen-bond acceptors (Lipinski definition) is 3. The molecule has 3 aromatic carbocycles. The smallest absolute Gasteiger partial charge is 0.128 e. The maximum Gasteiger partial charge on any atom is 0.128 e. The second-order valence-corrected chi connectivity index (χ2v) is 8.70. The lowest BCUT2D eigenvalue weighted by atomic mass is 9.78. The Morgan fingerprint density at radius 3 is 2.33 bits per heavy atom. The SMILES string of the molecule is OCCc1ccc(CCCc2ncc3c(n2)-c2ccccc2[C@H](c2ccc(F)cc2)C3)cc1. The molecule has 1 atom stereocenters. The fraction of sp³-hybridized carbons (Fsp3) is 0.241. The van der Waals surface area contributed by atoms with Crippen molar-refractivity contribution in [2.45, 2.75) is 38.0 Å². The van der Waals surface area contributed by atoms with E-state index in [1.165, 1.54) is 23.3 Å². The molecule has 0 unspecified atom stereocenters. The Hall–Kier alpha value is -3.37. The summed E-state index contributed by atoms with van der Waals surface area (Å²) in [5.74, 6) is 0.843. The summed E-state index contributed by atoms with van der Waals surface area (Å²) in [6.07, 6.45) is 6.29. The maximum absolute atomic E-state index is 13.5. The maximum atomic E-state index is 13.5. The fourth-order valence-corrected chi connectivity index (χ4v) is 4.74. The third kappa shape index (κ3) is 4.71. The lowest BCUT2D eigenvalue weighted by Crippen LogP contribution is -2.15. The van der Waals surface area contributed by atoms with Gasteiger partial charge in [0, 0.05) is 30.7 Å². The van der Waals surface area contributed by atoms with Gasteiger partial charge in [0.2, 0.25) is 0 Å². The highest BCUT2D eigenvalue weighted by molar-refractivity contribution is 5.71. The van der Waals surface area contributed by atoms with Gasteiger partial charge in [0.15, 0.2) is 0 Å². The van der Waals surface area contributed by atoms with Gasteiger partial charge < -0.3 is 5.11 Å². The summed E-state index contributed by atoms with van der Waals surface area (Å²) >= 11 is 0. The fourth-order valence-electron chi connectivity index (χ4n) is 4.74. The van der Waals surface area contributed by atoms with Crippen LogP contribution in [0.1, 0.15) is 46.0 Å². The number of hydrogen-bond donors (Lipinski definition) is 1. The van der Waals surface area contributed by atoms with Crippen molar-refractivity contribution in [2.24, 2.45) is 0 Å². The van der Waals surface area contributed by atoms with Crippen molar-refractivity contribution >= 4 is 0 Å². The lowest BCUT2D eigenvalue weighted by molar-refractivity contribution is 0.299. The lowest BCUT2D eigenvalue weighted by Gasteiger charge is -2.27. The van der Waals surface area contributed by atoms with E-state index in [9.17, 15) is 4.39 Å². The largest absolute Gasteiger partial charge is 0.396 e. The summed E-state index contributed by atoms with van der Waals surface area (Å²) in [4.78, 5) is 9.65. The quantitative estimate of drug-likeness (QED) is 0.404. The molecular weight excluding hydrogens is 411 g/mol. The Morgan fingerprint density at radius 2 is 1.58 bits per heavy atom. The molecule has 166 valence electrons. The molecule has 0 spiro atoms. The van der Waals surface area contributed by atoms with E-state index in [2.05, 4.69) is 53.5 Å². The van der Waals surface area contributed by atoms with Gasteiger partial charge in [-0.05, 0) is 65.6 Å². The molecule has 0 saturated carbocycles. The minimum atomic E-state index is -0.211. The Morgan fingerprint density at radius 1 is 0.848 bits per heavy atom. The van der Waals surface area contributed by atoms with Gasteiger partial charge in [-0.25, -0.2) is 14.4 Å². The number of benzene rings is 3. The van der Waals surface area contributed by atoms with Crippen LogP contribution >= 0.6 is 0 Å². The van der Waals surface area contributed by atoms with Gasteiger partial charge in [-0.2, -0.15) is 0 Å². The predicted octanol–water partition coefficient (Wildman–Crippen LogP) is 5.68. The molecule has 1 aliphatic rings. The number of nitrogens with zero attached hydrogens (tertiary/aromatic N) is 2. The zero-order valence-electron chi connectivity index (χ0n) is 18.5. The number of rotatable bonds is 7. The van der Waals surface area contributed by atoms with Crippen LogP contribution in [0.3, 0.4) is 0 Å². The van der Waals surface area contributed by atoms with Crippen molar-refractivity contribution < 1.29 is 9.50 Å². The van der Waals surface area contributed by atoms with Gasteiger partial charge in [0.1, 0.15) is 11.6 Å². The van der Waals surface area contributed by atoms with Crippen LogP contribution in [0.2, 0.25) is 0 Å². The molecule has 5 rings (SSSR count). The molecule has 1 heterocycles. The second-order valence-electron chi connectivity index (χ2n) is 8.70.